The van der Waals surface area contributed by atoms with E-state index in [4.69, 9.17) is 9.84 Å². The lowest BCUT2D eigenvalue weighted by Gasteiger charge is -2.25. The number of amides is 1. The van der Waals surface area contributed by atoms with E-state index in [9.17, 15) is 19.1 Å². The lowest BCUT2D eigenvalue weighted by molar-refractivity contribution is -0.140. The van der Waals surface area contributed by atoms with E-state index in [2.05, 4.69) is 6.58 Å². The number of aliphatic hydroxyl groups is 2. The van der Waals surface area contributed by atoms with Crippen molar-refractivity contribution >= 4 is 17.4 Å². The molecule has 0 spiro atoms. The van der Waals surface area contributed by atoms with Crippen molar-refractivity contribution in [2.24, 2.45) is 0 Å². The number of aliphatic hydroxyl groups excluding tert-OH is 2. The zero-order valence-electron chi connectivity index (χ0n) is 16.3. The van der Waals surface area contributed by atoms with Gasteiger partial charge in [-0.2, -0.15) is 0 Å². The molecule has 0 aliphatic carbocycles. The van der Waals surface area contributed by atoms with Crippen molar-refractivity contribution in [3.05, 3.63) is 83.7 Å². The van der Waals surface area contributed by atoms with Crippen molar-refractivity contribution in [3.8, 4) is 5.75 Å². The number of rotatable bonds is 8. The van der Waals surface area contributed by atoms with E-state index in [0.29, 0.717) is 17.9 Å². The van der Waals surface area contributed by atoms with E-state index in [1.54, 1.807) is 36.4 Å². The third-order valence-corrected chi connectivity index (χ3v) is 4.79. The maximum atomic E-state index is 14.6. The van der Waals surface area contributed by atoms with Crippen LogP contribution < -0.4 is 4.74 Å². The minimum Gasteiger partial charge on any atom is -0.507 e. The van der Waals surface area contributed by atoms with Crippen LogP contribution in [-0.2, 0) is 9.59 Å². The molecule has 1 amide bonds. The standard InChI is InChI=1S/C23H22FNO5/c1-2-14-30-16-10-8-15(9-11-16)21(27)19-20(17-6-3-4-7-18(17)24)25(12-5-13-26)23(29)22(19)28/h2-4,6-11,20,26-27H,1,5,12-14H2/t20-/m0/s1. The molecule has 6 nitrogen and oxygen atoms in total. The topological polar surface area (TPSA) is 87.1 Å². The van der Waals surface area contributed by atoms with Crippen LogP contribution in [0.25, 0.3) is 5.76 Å². The van der Waals surface area contributed by atoms with Crippen LogP contribution in [0.5, 0.6) is 5.75 Å². The van der Waals surface area contributed by atoms with E-state index < -0.39 is 29.3 Å². The summed E-state index contributed by atoms with van der Waals surface area (Å²) in [6.07, 6.45) is 1.81. The van der Waals surface area contributed by atoms with Crippen molar-refractivity contribution < 1.29 is 28.9 Å². The highest BCUT2D eigenvalue weighted by Crippen LogP contribution is 2.40. The molecule has 1 atom stereocenters. The quantitative estimate of drug-likeness (QED) is 0.302. The minimum atomic E-state index is -1.09. The molecule has 2 aromatic carbocycles. The van der Waals surface area contributed by atoms with Crippen LogP contribution in [-0.4, -0.2) is 46.6 Å². The van der Waals surface area contributed by atoms with Gasteiger partial charge in [0.05, 0.1) is 11.6 Å². The Morgan fingerprint density at radius 1 is 1.17 bits per heavy atom. The molecule has 3 rings (SSSR count). The molecule has 156 valence electrons. The molecular weight excluding hydrogens is 389 g/mol. The van der Waals surface area contributed by atoms with Crippen molar-refractivity contribution in [2.75, 3.05) is 19.8 Å². The number of ether oxygens (including phenoxy) is 1. The summed E-state index contributed by atoms with van der Waals surface area (Å²) >= 11 is 0. The summed E-state index contributed by atoms with van der Waals surface area (Å²) in [5, 5.41) is 20.0. The third-order valence-electron chi connectivity index (χ3n) is 4.79. The highest BCUT2D eigenvalue weighted by atomic mass is 19.1. The average Bonchev–Trinajstić information content (AvgIpc) is 3.01. The van der Waals surface area contributed by atoms with Crippen LogP contribution in [0.3, 0.4) is 0 Å². The van der Waals surface area contributed by atoms with Crippen LogP contribution in [0.2, 0.25) is 0 Å². The summed E-state index contributed by atoms with van der Waals surface area (Å²) in [6.45, 7) is 3.73. The first-order valence-corrected chi connectivity index (χ1v) is 9.47. The van der Waals surface area contributed by atoms with E-state index in [0.717, 1.165) is 0 Å². The van der Waals surface area contributed by atoms with Gasteiger partial charge in [0.15, 0.2) is 0 Å². The van der Waals surface area contributed by atoms with E-state index in [1.165, 1.54) is 23.1 Å². The van der Waals surface area contributed by atoms with Crippen molar-refractivity contribution in [2.45, 2.75) is 12.5 Å². The number of carbonyl (C=O) groups excluding carboxylic acids is 2. The lowest BCUT2D eigenvalue weighted by Crippen LogP contribution is -2.31. The molecule has 1 fully saturated rings. The van der Waals surface area contributed by atoms with Gasteiger partial charge in [-0.05, 0) is 36.8 Å². The summed E-state index contributed by atoms with van der Waals surface area (Å²) in [6, 6.07) is 11.0. The predicted molar refractivity (Wildman–Crippen MR) is 109 cm³/mol. The number of ketones is 1. The summed E-state index contributed by atoms with van der Waals surface area (Å²) in [7, 11) is 0. The van der Waals surface area contributed by atoms with Crippen LogP contribution in [0, 0.1) is 5.82 Å². The zero-order valence-corrected chi connectivity index (χ0v) is 16.3. The van der Waals surface area contributed by atoms with Crippen molar-refractivity contribution in [1.29, 1.82) is 0 Å². The first kappa shape index (κ1) is 21.3. The summed E-state index contributed by atoms with van der Waals surface area (Å²) in [5.74, 6) is -2.20. The number of nitrogens with zero attached hydrogens (tertiary/aromatic N) is 1. The molecule has 0 aromatic heterocycles. The molecule has 30 heavy (non-hydrogen) atoms. The van der Waals surface area contributed by atoms with E-state index in [-0.39, 0.29) is 30.7 Å². The second-order valence-corrected chi connectivity index (χ2v) is 6.72. The van der Waals surface area contributed by atoms with E-state index >= 15 is 0 Å². The van der Waals surface area contributed by atoms with Gasteiger partial charge < -0.3 is 19.8 Å². The summed E-state index contributed by atoms with van der Waals surface area (Å²) < 4.78 is 20.0. The second kappa shape index (κ2) is 9.37. The molecule has 2 N–H and O–H groups in total. The van der Waals surface area contributed by atoms with Gasteiger partial charge in [-0.1, -0.05) is 30.9 Å². The Kier molecular flexibility index (Phi) is 6.64. The van der Waals surface area contributed by atoms with Crippen molar-refractivity contribution in [3.63, 3.8) is 0 Å². The summed E-state index contributed by atoms with van der Waals surface area (Å²) in [4.78, 5) is 26.6. The molecule has 0 bridgehead atoms. The molecule has 1 saturated heterocycles. The van der Waals surface area contributed by atoms with Gasteiger partial charge >= 0.3 is 0 Å². The first-order chi connectivity index (χ1) is 14.5. The minimum absolute atomic E-state index is 0.0468. The van der Waals surface area contributed by atoms with Crippen LogP contribution >= 0.6 is 0 Å². The zero-order chi connectivity index (χ0) is 21.7. The van der Waals surface area contributed by atoms with Crippen LogP contribution in [0.1, 0.15) is 23.6 Å². The van der Waals surface area contributed by atoms with Crippen LogP contribution in [0.15, 0.2) is 66.8 Å². The molecule has 7 heteroatoms. The Balaban J connectivity index is 2.08. The van der Waals surface area contributed by atoms with Gasteiger partial charge in [-0.15, -0.1) is 0 Å². The Hall–Kier alpha value is -3.45. The Morgan fingerprint density at radius 2 is 1.87 bits per heavy atom. The summed E-state index contributed by atoms with van der Waals surface area (Å²) in [5.41, 5.74) is 0.201. The monoisotopic (exact) mass is 411 g/mol. The Labute approximate surface area is 173 Å². The fraction of sp³-hybridized carbons (Fsp3) is 0.217. The molecule has 1 aliphatic heterocycles. The van der Waals surface area contributed by atoms with Gasteiger partial charge in [0.25, 0.3) is 11.7 Å². The molecule has 1 heterocycles. The van der Waals surface area contributed by atoms with Gasteiger partial charge in [-0.25, -0.2) is 4.39 Å². The number of hydrogen-bond donors (Lipinski definition) is 2. The Morgan fingerprint density at radius 3 is 2.50 bits per heavy atom. The molecule has 0 saturated carbocycles. The van der Waals surface area contributed by atoms with Gasteiger partial charge in [0.2, 0.25) is 0 Å². The largest absolute Gasteiger partial charge is 0.507 e. The molecule has 0 radical (unpaired) electrons. The maximum absolute atomic E-state index is 14.6. The fourth-order valence-electron chi connectivity index (χ4n) is 3.39. The average molecular weight is 411 g/mol. The highest BCUT2D eigenvalue weighted by molar-refractivity contribution is 6.46. The van der Waals surface area contributed by atoms with Gasteiger partial charge in [-0.3, -0.25) is 9.59 Å². The second-order valence-electron chi connectivity index (χ2n) is 6.72. The van der Waals surface area contributed by atoms with Crippen molar-refractivity contribution in [1.82, 2.24) is 4.90 Å². The number of halogens is 1. The fourth-order valence-corrected chi connectivity index (χ4v) is 3.39. The van der Waals surface area contributed by atoms with Crippen LogP contribution in [0.4, 0.5) is 4.39 Å². The normalized spacial score (nSPS) is 17.9. The molecular formula is C23H22FNO5. The molecule has 0 unspecified atom stereocenters. The predicted octanol–water partition coefficient (Wildman–Crippen LogP) is 3.19. The van der Waals surface area contributed by atoms with E-state index in [1.807, 2.05) is 0 Å². The molecule has 2 aromatic rings. The number of hydrogen-bond acceptors (Lipinski definition) is 5. The van der Waals surface area contributed by atoms with Gasteiger partial charge in [0, 0.05) is 24.3 Å². The lowest BCUT2D eigenvalue weighted by atomic mass is 9.95. The smallest absolute Gasteiger partial charge is 0.295 e. The number of carbonyl (C=O) groups is 2. The number of Topliss-reactive ketones (excluding diaryl/α,β-unsaturated/α-hetero) is 1. The number of likely N-dealkylation sites (tertiary alicyclic amines) is 1. The Bertz CT molecular complexity index is 983. The highest BCUT2D eigenvalue weighted by Gasteiger charge is 2.46. The SMILES string of the molecule is C=CCOc1ccc(C(O)=C2C(=O)C(=O)N(CCCO)[C@H]2c2ccccc2F)cc1. The first-order valence-electron chi connectivity index (χ1n) is 9.47. The third kappa shape index (κ3) is 4.11. The maximum Gasteiger partial charge on any atom is 0.295 e. The van der Waals surface area contributed by atoms with Gasteiger partial charge in [0.1, 0.15) is 23.9 Å². The molecule has 1 aliphatic rings. The number of benzene rings is 2.